The summed E-state index contributed by atoms with van der Waals surface area (Å²) in [4.78, 5) is 0. The summed E-state index contributed by atoms with van der Waals surface area (Å²) in [5.41, 5.74) is 0. The highest BCUT2D eigenvalue weighted by Crippen LogP contribution is 2.18. The van der Waals surface area contributed by atoms with E-state index >= 15 is 0 Å². The lowest BCUT2D eigenvalue weighted by Crippen LogP contribution is -1.95. The molecule has 1 nitrogen and oxygen atoms in total. The molecule has 0 aromatic carbocycles. The van der Waals surface area contributed by atoms with Crippen molar-refractivity contribution in [1.82, 2.24) is 0 Å². The predicted octanol–water partition coefficient (Wildman–Crippen LogP) is 4.88. The summed E-state index contributed by atoms with van der Waals surface area (Å²) < 4.78 is 5.59. The molecule has 0 aliphatic carbocycles. The number of ether oxygens (including phenoxy) is 1. The SMILES string of the molecule is CCCCCCCCCOc1cccs1. The molecular weight excluding hydrogens is 204 g/mol. The van der Waals surface area contributed by atoms with Gasteiger partial charge >= 0.3 is 0 Å². The second-order valence-corrected chi connectivity index (χ2v) is 4.81. The Kier molecular flexibility index (Phi) is 7.36. The Labute approximate surface area is 97.5 Å². The van der Waals surface area contributed by atoms with E-state index < -0.39 is 0 Å². The van der Waals surface area contributed by atoms with Crippen LogP contribution in [0.15, 0.2) is 17.5 Å². The van der Waals surface area contributed by atoms with Crippen molar-refractivity contribution in [2.75, 3.05) is 6.61 Å². The quantitative estimate of drug-likeness (QED) is 0.545. The zero-order valence-corrected chi connectivity index (χ0v) is 10.5. The van der Waals surface area contributed by atoms with Crippen molar-refractivity contribution >= 4 is 11.3 Å². The molecule has 0 amide bonds. The van der Waals surface area contributed by atoms with Crippen LogP contribution in [0.4, 0.5) is 0 Å². The topological polar surface area (TPSA) is 9.23 Å². The Morgan fingerprint density at radius 3 is 2.47 bits per heavy atom. The average Bonchev–Trinajstić information content (AvgIpc) is 2.75. The lowest BCUT2D eigenvalue weighted by atomic mass is 10.1. The highest BCUT2D eigenvalue weighted by Gasteiger charge is 1.94. The fourth-order valence-electron chi connectivity index (χ4n) is 1.58. The summed E-state index contributed by atoms with van der Waals surface area (Å²) in [5.74, 6) is 0. The first-order valence-corrected chi connectivity index (χ1v) is 6.97. The van der Waals surface area contributed by atoms with E-state index in [0.29, 0.717) is 0 Å². The van der Waals surface area contributed by atoms with Crippen LogP contribution in [0.25, 0.3) is 0 Å². The molecule has 0 aliphatic rings. The molecular formula is C13H22OS. The van der Waals surface area contributed by atoms with Crippen LogP contribution in [0.2, 0.25) is 0 Å². The lowest BCUT2D eigenvalue weighted by Gasteiger charge is -2.03. The highest BCUT2D eigenvalue weighted by molar-refractivity contribution is 7.11. The van der Waals surface area contributed by atoms with Gasteiger partial charge in [0.05, 0.1) is 6.61 Å². The van der Waals surface area contributed by atoms with Crippen molar-refractivity contribution in [2.45, 2.75) is 51.9 Å². The second-order valence-electron chi connectivity index (χ2n) is 3.90. The van der Waals surface area contributed by atoms with Crippen LogP contribution in [-0.2, 0) is 0 Å². The minimum atomic E-state index is 0.883. The highest BCUT2D eigenvalue weighted by atomic mass is 32.1. The molecule has 0 saturated carbocycles. The fraction of sp³-hybridized carbons (Fsp3) is 0.692. The molecule has 0 aliphatic heterocycles. The maximum Gasteiger partial charge on any atom is 0.173 e. The van der Waals surface area contributed by atoms with Gasteiger partial charge in [-0.1, -0.05) is 45.4 Å². The van der Waals surface area contributed by atoms with Crippen LogP contribution in [0, 0.1) is 0 Å². The summed E-state index contributed by atoms with van der Waals surface area (Å²) >= 11 is 1.68. The number of unbranched alkanes of at least 4 members (excludes halogenated alkanes) is 6. The van der Waals surface area contributed by atoms with E-state index in [4.69, 9.17) is 4.74 Å². The van der Waals surface area contributed by atoms with Gasteiger partial charge in [0.25, 0.3) is 0 Å². The van der Waals surface area contributed by atoms with E-state index in [2.05, 4.69) is 12.3 Å². The van der Waals surface area contributed by atoms with Crippen LogP contribution >= 0.6 is 11.3 Å². The monoisotopic (exact) mass is 226 g/mol. The van der Waals surface area contributed by atoms with E-state index in [0.717, 1.165) is 11.7 Å². The van der Waals surface area contributed by atoms with Gasteiger partial charge in [0.1, 0.15) is 0 Å². The maximum absolute atomic E-state index is 5.59. The number of thiophene rings is 1. The third-order valence-electron chi connectivity index (χ3n) is 2.49. The number of rotatable bonds is 9. The fourth-order valence-corrected chi connectivity index (χ4v) is 2.18. The molecule has 2 heteroatoms. The van der Waals surface area contributed by atoms with E-state index in [-0.39, 0.29) is 0 Å². The van der Waals surface area contributed by atoms with Crippen LogP contribution in [0.1, 0.15) is 51.9 Å². The van der Waals surface area contributed by atoms with Gasteiger partial charge in [0.2, 0.25) is 0 Å². The summed E-state index contributed by atoms with van der Waals surface area (Å²) in [6, 6.07) is 4.07. The Balaban J connectivity index is 1.81. The van der Waals surface area contributed by atoms with Crippen LogP contribution < -0.4 is 4.74 Å². The number of hydrogen-bond acceptors (Lipinski definition) is 2. The molecule has 0 saturated heterocycles. The van der Waals surface area contributed by atoms with E-state index in [9.17, 15) is 0 Å². The maximum atomic E-state index is 5.59. The summed E-state index contributed by atoms with van der Waals surface area (Å²) in [6.45, 7) is 3.14. The molecule has 1 rings (SSSR count). The van der Waals surface area contributed by atoms with Crippen molar-refractivity contribution < 1.29 is 4.74 Å². The second kappa shape index (κ2) is 8.78. The van der Waals surface area contributed by atoms with Crippen molar-refractivity contribution in [3.05, 3.63) is 17.5 Å². The molecule has 0 fully saturated rings. The molecule has 0 radical (unpaired) electrons. The van der Waals surface area contributed by atoms with Gasteiger partial charge in [0.15, 0.2) is 5.06 Å². The number of hydrogen-bond donors (Lipinski definition) is 0. The zero-order valence-electron chi connectivity index (χ0n) is 9.71. The first kappa shape index (κ1) is 12.6. The summed E-state index contributed by atoms with van der Waals surface area (Å²) in [7, 11) is 0. The molecule has 0 bridgehead atoms. The molecule has 1 heterocycles. The Morgan fingerprint density at radius 2 is 1.80 bits per heavy atom. The smallest absolute Gasteiger partial charge is 0.173 e. The molecule has 0 spiro atoms. The minimum Gasteiger partial charge on any atom is -0.484 e. The van der Waals surface area contributed by atoms with Gasteiger partial charge in [-0.3, -0.25) is 0 Å². The van der Waals surface area contributed by atoms with Gasteiger partial charge in [-0.15, -0.1) is 11.3 Å². The van der Waals surface area contributed by atoms with Gasteiger partial charge in [0, 0.05) is 0 Å². The van der Waals surface area contributed by atoms with Crippen molar-refractivity contribution in [3.63, 3.8) is 0 Å². The van der Waals surface area contributed by atoms with E-state index in [1.54, 1.807) is 11.3 Å². The first-order chi connectivity index (χ1) is 7.43. The molecule has 0 N–H and O–H groups in total. The Hall–Kier alpha value is -0.500. The van der Waals surface area contributed by atoms with Crippen LogP contribution in [0.3, 0.4) is 0 Å². The van der Waals surface area contributed by atoms with Crippen molar-refractivity contribution in [2.24, 2.45) is 0 Å². The average molecular weight is 226 g/mol. The lowest BCUT2D eigenvalue weighted by molar-refractivity contribution is 0.313. The third kappa shape index (κ3) is 6.56. The van der Waals surface area contributed by atoms with Crippen LogP contribution in [0.5, 0.6) is 5.06 Å². The summed E-state index contributed by atoms with van der Waals surface area (Å²) in [5, 5.41) is 3.11. The molecule has 1 aromatic rings. The zero-order chi connectivity index (χ0) is 10.8. The standard InChI is InChI=1S/C13H22OS/c1-2-3-4-5-6-7-8-11-14-13-10-9-12-15-13/h9-10,12H,2-8,11H2,1H3. The Bertz CT molecular complexity index is 218. The molecule has 86 valence electrons. The Morgan fingerprint density at radius 1 is 1.07 bits per heavy atom. The third-order valence-corrected chi connectivity index (χ3v) is 3.27. The van der Waals surface area contributed by atoms with E-state index in [1.165, 1.54) is 44.9 Å². The van der Waals surface area contributed by atoms with Gasteiger partial charge in [-0.25, -0.2) is 0 Å². The largest absolute Gasteiger partial charge is 0.484 e. The molecule has 0 unspecified atom stereocenters. The minimum absolute atomic E-state index is 0.883. The van der Waals surface area contributed by atoms with E-state index in [1.807, 2.05) is 12.1 Å². The first-order valence-electron chi connectivity index (χ1n) is 6.10. The van der Waals surface area contributed by atoms with Crippen molar-refractivity contribution in [3.8, 4) is 5.06 Å². The molecule has 1 aromatic heterocycles. The van der Waals surface area contributed by atoms with Gasteiger partial charge < -0.3 is 4.74 Å². The predicted molar refractivity (Wildman–Crippen MR) is 67.8 cm³/mol. The van der Waals surface area contributed by atoms with Gasteiger partial charge in [-0.05, 0) is 23.9 Å². The normalized spacial score (nSPS) is 10.5. The van der Waals surface area contributed by atoms with Crippen molar-refractivity contribution in [1.29, 1.82) is 0 Å². The molecule has 15 heavy (non-hydrogen) atoms. The molecule has 0 atom stereocenters. The van der Waals surface area contributed by atoms with Crippen LogP contribution in [-0.4, -0.2) is 6.61 Å². The van der Waals surface area contributed by atoms with Gasteiger partial charge in [-0.2, -0.15) is 0 Å². The summed E-state index contributed by atoms with van der Waals surface area (Å²) in [6.07, 6.45) is 9.41.